The summed E-state index contributed by atoms with van der Waals surface area (Å²) in [5, 5.41) is 15.7. The Morgan fingerprint density at radius 2 is 1.94 bits per heavy atom. The van der Waals surface area contributed by atoms with Crippen molar-refractivity contribution < 1.29 is 9.90 Å². The summed E-state index contributed by atoms with van der Waals surface area (Å²) < 4.78 is 1.77. The molecule has 0 radical (unpaired) electrons. The minimum atomic E-state index is -1.08. The molecule has 1 aliphatic carbocycles. The average molecular weight is 450 g/mol. The molecular weight excluding hydrogens is 416 g/mol. The first kappa shape index (κ1) is 23.2. The Morgan fingerprint density at radius 1 is 1.21 bits per heavy atom. The van der Waals surface area contributed by atoms with E-state index in [2.05, 4.69) is 25.8 Å². The van der Waals surface area contributed by atoms with Gasteiger partial charge in [-0.25, -0.2) is 9.50 Å². The maximum absolute atomic E-state index is 13.1. The highest BCUT2D eigenvalue weighted by molar-refractivity contribution is 5.65. The molecule has 1 saturated carbocycles. The molecule has 2 aromatic heterocycles. The van der Waals surface area contributed by atoms with E-state index in [-0.39, 0.29) is 17.9 Å². The number of carboxylic acid groups (broad SMARTS) is 1. The van der Waals surface area contributed by atoms with Gasteiger partial charge in [0.25, 0.3) is 5.56 Å². The number of benzene rings is 1. The molecule has 33 heavy (non-hydrogen) atoms. The number of carbonyl (C=O) groups is 1. The SMILES string of the molecule is CCc1nc(C2CCC(C(C)(C)C)CC2)n2nc(-c3cccc(CCC(=O)[O-])c3)[nH]c(=O)c12. The summed E-state index contributed by atoms with van der Waals surface area (Å²) >= 11 is 0. The van der Waals surface area contributed by atoms with E-state index in [0.29, 0.717) is 35.5 Å². The molecule has 0 saturated heterocycles. The molecule has 7 nitrogen and oxygen atoms in total. The maximum atomic E-state index is 13.1. The highest BCUT2D eigenvalue weighted by Crippen LogP contribution is 2.43. The quantitative estimate of drug-likeness (QED) is 0.619. The number of carboxylic acids is 1. The standard InChI is InChI=1S/C26H34N4O3/c1-5-20-22-25(33)28-23(18-8-6-7-16(15-18)9-14-21(31)32)29-30(22)24(27-20)17-10-12-19(13-11-17)26(2,3)4/h6-8,15,17,19H,5,9-14H2,1-4H3,(H,31,32)(H,28,29,33)/p-1. The predicted molar refractivity (Wildman–Crippen MR) is 126 cm³/mol. The van der Waals surface area contributed by atoms with Gasteiger partial charge in [0.1, 0.15) is 5.82 Å². The van der Waals surface area contributed by atoms with Crippen LogP contribution in [0.3, 0.4) is 0 Å². The largest absolute Gasteiger partial charge is 0.550 e. The monoisotopic (exact) mass is 449 g/mol. The fraction of sp³-hybridized carbons (Fsp3) is 0.538. The molecule has 7 heteroatoms. The summed E-state index contributed by atoms with van der Waals surface area (Å²) in [6.07, 6.45) is 5.40. The van der Waals surface area contributed by atoms with Crippen LogP contribution in [0.2, 0.25) is 0 Å². The second-order valence-electron chi connectivity index (χ2n) is 10.3. The molecule has 0 spiro atoms. The number of aryl methyl sites for hydroxylation is 2. The normalized spacial score (nSPS) is 19.2. The van der Waals surface area contributed by atoms with Crippen LogP contribution in [0.1, 0.15) is 82.8 Å². The smallest absolute Gasteiger partial charge is 0.277 e. The van der Waals surface area contributed by atoms with E-state index in [1.54, 1.807) is 4.52 Å². The molecule has 176 valence electrons. The van der Waals surface area contributed by atoms with E-state index in [1.165, 1.54) is 0 Å². The number of imidazole rings is 1. The van der Waals surface area contributed by atoms with Crippen molar-refractivity contribution in [2.75, 3.05) is 0 Å². The van der Waals surface area contributed by atoms with Crippen molar-refractivity contribution in [2.24, 2.45) is 11.3 Å². The predicted octanol–water partition coefficient (Wildman–Crippen LogP) is 3.65. The van der Waals surface area contributed by atoms with Crippen LogP contribution in [0.25, 0.3) is 16.9 Å². The number of carbonyl (C=O) groups excluding carboxylic acids is 1. The lowest BCUT2D eigenvalue weighted by Gasteiger charge is -2.36. The number of aliphatic carboxylic acids is 1. The van der Waals surface area contributed by atoms with Gasteiger partial charge in [-0.05, 0) is 67.9 Å². The molecule has 4 rings (SSSR count). The first-order valence-corrected chi connectivity index (χ1v) is 12.0. The zero-order chi connectivity index (χ0) is 23.8. The molecule has 0 aliphatic heterocycles. The van der Waals surface area contributed by atoms with Gasteiger partial charge in [0, 0.05) is 17.5 Å². The van der Waals surface area contributed by atoms with Crippen molar-refractivity contribution >= 4 is 11.5 Å². The number of rotatable bonds is 6. The molecule has 2 heterocycles. The number of aromatic nitrogens is 4. The maximum Gasteiger partial charge on any atom is 0.277 e. The summed E-state index contributed by atoms with van der Waals surface area (Å²) in [5.74, 6) is 1.25. The highest BCUT2D eigenvalue weighted by atomic mass is 16.4. The van der Waals surface area contributed by atoms with E-state index in [9.17, 15) is 14.7 Å². The van der Waals surface area contributed by atoms with Crippen LogP contribution in [0.4, 0.5) is 0 Å². The summed E-state index contributed by atoms with van der Waals surface area (Å²) in [4.78, 5) is 31.7. The van der Waals surface area contributed by atoms with Crippen molar-refractivity contribution in [3.05, 3.63) is 51.7 Å². The van der Waals surface area contributed by atoms with Crippen LogP contribution in [-0.4, -0.2) is 25.6 Å². The summed E-state index contributed by atoms with van der Waals surface area (Å²) in [7, 11) is 0. The number of H-pyrrole nitrogens is 1. The van der Waals surface area contributed by atoms with Gasteiger partial charge in [0.2, 0.25) is 0 Å². The minimum Gasteiger partial charge on any atom is -0.550 e. The Labute approximate surface area is 194 Å². The van der Waals surface area contributed by atoms with Crippen LogP contribution in [0.15, 0.2) is 29.1 Å². The number of nitrogens with zero attached hydrogens (tertiary/aromatic N) is 3. The average Bonchev–Trinajstić information content (AvgIpc) is 3.17. The van der Waals surface area contributed by atoms with Crippen molar-refractivity contribution in [1.82, 2.24) is 19.6 Å². The minimum absolute atomic E-state index is 0.0464. The van der Waals surface area contributed by atoms with Gasteiger partial charge in [-0.1, -0.05) is 45.9 Å². The molecular formula is C26H33N4O3-. The van der Waals surface area contributed by atoms with Gasteiger partial charge in [-0.3, -0.25) is 4.79 Å². The third-order valence-electron chi connectivity index (χ3n) is 7.07. The molecule has 3 aromatic rings. The van der Waals surface area contributed by atoms with E-state index >= 15 is 0 Å². The Morgan fingerprint density at radius 3 is 2.58 bits per heavy atom. The summed E-state index contributed by atoms with van der Waals surface area (Å²) in [6.45, 7) is 8.95. The van der Waals surface area contributed by atoms with E-state index in [4.69, 9.17) is 10.1 Å². The third-order valence-corrected chi connectivity index (χ3v) is 7.07. The van der Waals surface area contributed by atoms with Crippen LogP contribution in [-0.2, 0) is 17.6 Å². The summed E-state index contributed by atoms with van der Waals surface area (Å²) in [5.41, 5.74) is 3.03. The van der Waals surface area contributed by atoms with Crippen LogP contribution in [0.5, 0.6) is 0 Å². The molecule has 1 N–H and O–H groups in total. The Balaban J connectivity index is 1.72. The first-order chi connectivity index (χ1) is 15.7. The van der Waals surface area contributed by atoms with Gasteiger partial charge in [0.15, 0.2) is 11.3 Å². The lowest BCUT2D eigenvalue weighted by Crippen LogP contribution is -2.26. The van der Waals surface area contributed by atoms with Crippen molar-refractivity contribution in [3.8, 4) is 11.4 Å². The lowest BCUT2D eigenvalue weighted by atomic mass is 9.70. The van der Waals surface area contributed by atoms with Gasteiger partial charge in [-0.15, -0.1) is 5.10 Å². The van der Waals surface area contributed by atoms with Crippen LogP contribution < -0.4 is 10.7 Å². The van der Waals surface area contributed by atoms with Crippen molar-refractivity contribution in [1.29, 1.82) is 0 Å². The number of aromatic amines is 1. The highest BCUT2D eigenvalue weighted by Gasteiger charge is 2.32. The molecule has 0 bridgehead atoms. The molecule has 1 aromatic carbocycles. The Bertz CT molecular complexity index is 1210. The van der Waals surface area contributed by atoms with Crippen LogP contribution in [0, 0.1) is 11.3 Å². The number of fused-ring (bicyclic) bond motifs is 1. The fourth-order valence-corrected chi connectivity index (χ4v) is 5.07. The molecule has 0 atom stereocenters. The van der Waals surface area contributed by atoms with Gasteiger partial charge < -0.3 is 14.9 Å². The van der Waals surface area contributed by atoms with E-state index in [1.807, 2.05) is 31.2 Å². The zero-order valence-electron chi connectivity index (χ0n) is 20.0. The topological polar surface area (TPSA) is 103 Å². The van der Waals surface area contributed by atoms with Gasteiger partial charge in [-0.2, -0.15) is 0 Å². The van der Waals surface area contributed by atoms with E-state index in [0.717, 1.165) is 48.3 Å². The second kappa shape index (κ2) is 9.12. The second-order valence-corrected chi connectivity index (χ2v) is 10.3. The number of hydrogen-bond acceptors (Lipinski definition) is 5. The third kappa shape index (κ3) is 4.87. The molecule has 1 fully saturated rings. The number of hydrogen-bond donors (Lipinski definition) is 1. The molecule has 0 amide bonds. The van der Waals surface area contributed by atoms with Gasteiger partial charge >= 0.3 is 0 Å². The van der Waals surface area contributed by atoms with Crippen molar-refractivity contribution in [2.45, 2.75) is 78.6 Å². The fourth-order valence-electron chi connectivity index (χ4n) is 5.07. The van der Waals surface area contributed by atoms with Crippen LogP contribution >= 0.6 is 0 Å². The van der Waals surface area contributed by atoms with Gasteiger partial charge in [0.05, 0.1) is 5.69 Å². The molecule has 0 unspecified atom stereocenters. The summed E-state index contributed by atoms with van der Waals surface area (Å²) in [6, 6.07) is 7.47. The molecule has 1 aliphatic rings. The zero-order valence-corrected chi connectivity index (χ0v) is 20.0. The van der Waals surface area contributed by atoms with Crippen molar-refractivity contribution in [3.63, 3.8) is 0 Å². The van der Waals surface area contributed by atoms with E-state index < -0.39 is 5.97 Å². The first-order valence-electron chi connectivity index (χ1n) is 12.0. The lowest BCUT2D eigenvalue weighted by molar-refractivity contribution is -0.305. The Kier molecular flexibility index (Phi) is 6.41. The number of nitrogens with one attached hydrogen (secondary N) is 1. The Hall–Kier alpha value is -2.96.